The predicted octanol–water partition coefficient (Wildman–Crippen LogP) is 2.13. The molecule has 5 nitrogen and oxygen atoms in total. The van der Waals surface area contributed by atoms with Crippen LogP contribution < -0.4 is 0 Å². The van der Waals surface area contributed by atoms with Crippen LogP contribution in [0.4, 0.5) is 5.69 Å². The zero-order valence-electron chi connectivity index (χ0n) is 9.82. The summed E-state index contributed by atoms with van der Waals surface area (Å²) in [6, 6.07) is 10.3. The molecule has 0 saturated carbocycles. The molecule has 0 atom stereocenters. The number of aliphatic hydroxyl groups is 1. The average molecular weight is 246 g/mol. The Labute approximate surface area is 104 Å². The molecule has 1 aromatic carbocycles. The third-order valence-corrected chi connectivity index (χ3v) is 2.87. The van der Waals surface area contributed by atoms with Gasteiger partial charge in [-0.2, -0.15) is 0 Å². The third kappa shape index (κ3) is 2.75. The van der Waals surface area contributed by atoms with Crippen molar-refractivity contribution in [2.24, 2.45) is 0 Å². The maximum atomic E-state index is 10.5. The number of non-ortho nitro benzene ring substituents is 1. The molecular formula is C13H14N2O3. The second-order valence-corrected chi connectivity index (χ2v) is 4.02. The maximum absolute atomic E-state index is 10.5. The lowest BCUT2D eigenvalue weighted by Gasteiger charge is -2.07. The molecule has 2 aromatic rings. The average Bonchev–Trinajstić information content (AvgIpc) is 2.84. The van der Waals surface area contributed by atoms with E-state index in [2.05, 4.69) is 0 Å². The van der Waals surface area contributed by atoms with Gasteiger partial charge in [-0.05, 0) is 24.1 Å². The Morgan fingerprint density at radius 1 is 1.22 bits per heavy atom. The number of benzene rings is 1. The van der Waals surface area contributed by atoms with Crippen molar-refractivity contribution >= 4 is 5.69 Å². The molecule has 0 saturated heterocycles. The minimum Gasteiger partial charge on any atom is -0.390 e. The van der Waals surface area contributed by atoms with E-state index in [1.165, 1.54) is 12.1 Å². The van der Waals surface area contributed by atoms with Gasteiger partial charge in [0, 0.05) is 30.6 Å². The summed E-state index contributed by atoms with van der Waals surface area (Å²) in [7, 11) is 0. The highest BCUT2D eigenvalue weighted by Crippen LogP contribution is 2.13. The lowest BCUT2D eigenvalue weighted by atomic mass is 10.1. The number of rotatable bonds is 5. The molecular weight excluding hydrogens is 232 g/mol. The van der Waals surface area contributed by atoms with Crippen LogP contribution in [0, 0.1) is 10.1 Å². The summed E-state index contributed by atoms with van der Waals surface area (Å²) in [5.74, 6) is 0. The largest absolute Gasteiger partial charge is 0.390 e. The van der Waals surface area contributed by atoms with E-state index in [0.717, 1.165) is 24.2 Å². The van der Waals surface area contributed by atoms with Crippen LogP contribution >= 0.6 is 0 Å². The number of aromatic nitrogens is 1. The highest BCUT2D eigenvalue weighted by Gasteiger charge is 2.04. The molecule has 18 heavy (non-hydrogen) atoms. The SMILES string of the molecule is O=[N+]([O-])c1ccc(CCn2cccc2CO)cc1. The Bertz CT molecular complexity index is 531. The zero-order valence-corrected chi connectivity index (χ0v) is 9.82. The van der Waals surface area contributed by atoms with Crippen LogP contribution in [-0.2, 0) is 19.6 Å². The van der Waals surface area contributed by atoms with Gasteiger partial charge in [0.15, 0.2) is 0 Å². The van der Waals surface area contributed by atoms with Crippen LogP contribution in [0.2, 0.25) is 0 Å². The Morgan fingerprint density at radius 2 is 1.94 bits per heavy atom. The van der Waals surface area contributed by atoms with E-state index in [-0.39, 0.29) is 12.3 Å². The van der Waals surface area contributed by atoms with Crippen molar-refractivity contribution < 1.29 is 10.0 Å². The van der Waals surface area contributed by atoms with E-state index in [9.17, 15) is 10.1 Å². The summed E-state index contributed by atoms with van der Waals surface area (Å²) >= 11 is 0. The van der Waals surface area contributed by atoms with Crippen molar-refractivity contribution in [3.05, 3.63) is 64.0 Å². The van der Waals surface area contributed by atoms with Crippen molar-refractivity contribution in [2.75, 3.05) is 0 Å². The number of nitrogens with zero attached hydrogens (tertiary/aromatic N) is 2. The molecule has 1 heterocycles. The molecule has 94 valence electrons. The van der Waals surface area contributed by atoms with Crippen LogP contribution in [0.3, 0.4) is 0 Å². The quantitative estimate of drug-likeness (QED) is 0.649. The molecule has 0 aliphatic carbocycles. The third-order valence-electron chi connectivity index (χ3n) is 2.87. The molecule has 0 fully saturated rings. The van der Waals surface area contributed by atoms with E-state index in [4.69, 9.17) is 5.11 Å². The van der Waals surface area contributed by atoms with Crippen molar-refractivity contribution in [2.45, 2.75) is 19.6 Å². The monoisotopic (exact) mass is 246 g/mol. The fourth-order valence-electron chi connectivity index (χ4n) is 1.85. The van der Waals surface area contributed by atoms with Crippen LogP contribution in [0.25, 0.3) is 0 Å². The van der Waals surface area contributed by atoms with Gasteiger partial charge in [-0.15, -0.1) is 0 Å². The van der Waals surface area contributed by atoms with Crippen molar-refractivity contribution in [3.63, 3.8) is 0 Å². The molecule has 1 N–H and O–H groups in total. The number of hydrogen-bond donors (Lipinski definition) is 1. The number of aliphatic hydroxyl groups excluding tert-OH is 1. The zero-order chi connectivity index (χ0) is 13.0. The number of aryl methyl sites for hydroxylation is 2. The Balaban J connectivity index is 2.00. The van der Waals surface area contributed by atoms with Gasteiger partial charge in [-0.25, -0.2) is 0 Å². The molecule has 0 spiro atoms. The predicted molar refractivity (Wildman–Crippen MR) is 67.2 cm³/mol. The lowest BCUT2D eigenvalue weighted by Crippen LogP contribution is -2.04. The van der Waals surface area contributed by atoms with Gasteiger partial charge in [0.05, 0.1) is 11.5 Å². The van der Waals surface area contributed by atoms with Gasteiger partial charge >= 0.3 is 0 Å². The van der Waals surface area contributed by atoms with E-state index in [0.29, 0.717) is 0 Å². The van der Waals surface area contributed by atoms with Crippen molar-refractivity contribution in [1.82, 2.24) is 4.57 Å². The van der Waals surface area contributed by atoms with Crippen LogP contribution in [-0.4, -0.2) is 14.6 Å². The van der Waals surface area contributed by atoms with Gasteiger partial charge in [0.25, 0.3) is 5.69 Å². The van der Waals surface area contributed by atoms with E-state index in [1.54, 1.807) is 12.1 Å². The molecule has 0 aliphatic rings. The Morgan fingerprint density at radius 3 is 2.56 bits per heavy atom. The van der Waals surface area contributed by atoms with Crippen molar-refractivity contribution in [1.29, 1.82) is 0 Å². The summed E-state index contributed by atoms with van der Waals surface area (Å²) in [5.41, 5.74) is 2.02. The van der Waals surface area contributed by atoms with Crippen LogP contribution in [0.1, 0.15) is 11.3 Å². The van der Waals surface area contributed by atoms with Crippen LogP contribution in [0.5, 0.6) is 0 Å². The first-order chi connectivity index (χ1) is 8.70. The molecule has 2 rings (SSSR count). The molecule has 1 aromatic heterocycles. The fraction of sp³-hybridized carbons (Fsp3) is 0.231. The summed E-state index contributed by atoms with van der Waals surface area (Å²) in [4.78, 5) is 10.1. The molecule has 0 aliphatic heterocycles. The number of nitro benzene ring substituents is 1. The Hall–Kier alpha value is -2.14. The smallest absolute Gasteiger partial charge is 0.269 e. The van der Waals surface area contributed by atoms with Gasteiger partial charge in [0.2, 0.25) is 0 Å². The van der Waals surface area contributed by atoms with Crippen molar-refractivity contribution in [3.8, 4) is 0 Å². The second kappa shape index (κ2) is 5.46. The minimum absolute atomic E-state index is 0.0211. The molecule has 0 radical (unpaired) electrons. The van der Waals surface area contributed by atoms with E-state index < -0.39 is 4.92 Å². The molecule has 5 heteroatoms. The van der Waals surface area contributed by atoms with Gasteiger partial charge in [0.1, 0.15) is 0 Å². The second-order valence-electron chi connectivity index (χ2n) is 4.02. The minimum atomic E-state index is -0.403. The number of nitro groups is 1. The summed E-state index contributed by atoms with van der Waals surface area (Å²) in [6.45, 7) is 0.772. The first-order valence-corrected chi connectivity index (χ1v) is 5.69. The standard InChI is InChI=1S/C13H14N2O3/c16-10-13-2-1-8-14(13)9-7-11-3-5-12(6-4-11)15(17)18/h1-6,8,16H,7,9-10H2. The molecule has 0 amide bonds. The topological polar surface area (TPSA) is 68.3 Å². The van der Waals surface area contributed by atoms with E-state index in [1.807, 2.05) is 22.9 Å². The molecule has 0 unspecified atom stereocenters. The van der Waals surface area contributed by atoms with Gasteiger partial charge < -0.3 is 9.67 Å². The lowest BCUT2D eigenvalue weighted by molar-refractivity contribution is -0.384. The normalized spacial score (nSPS) is 10.5. The van der Waals surface area contributed by atoms with Crippen LogP contribution in [0.15, 0.2) is 42.6 Å². The Kier molecular flexibility index (Phi) is 3.74. The molecule has 0 bridgehead atoms. The number of hydrogen-bond acceptors (Lipinski definition) is 3. The maximum Gasteiger partial charge on any atom is 0.269 e. The summed E-state index contributed by atoms with van der Waals surface area (Å²) in [5, 5.41) is 19.6. The highest BCUT2D eigenvalue weighted by atomic mass is 16.6. The van der Waals surface area contributed by atoms with Gasteiger partial charge in [-0.3, -0.25) is 10.1 Å². The summed E-state index contributed by atoms with van der Waals surface area (Å²) in [6.07, 6.45) is 2.69. The first-order valence-electron chi connectivity index (χ1n) is 5.69. The van der Waals surface area contributed by atoms with Gasteiger partial charge in [-0.1, -0.05) is 12.1 Å². The fourth-order valence-corrected chi connectivity index (χ4v) is 1.85. The first kappa shape index (κ1) is 12.3. The summed E-state index contributed by atoms with van der Waals surface area (Å²) < 4.78 is 1.97. The van der Waals surface area contributed by atoms with E-state index >= 15 is 0 Å². The highest BCUT2D eigenvalue weighted by molar-refractivity contribution is 5.32.